The fraction of sp³-hybridized carbons (Fsp3) is 0.350. The summed E-state index contributed by atoms with van der Waals surface area (Å²) in [5, 5.41) is 3.47. The van der Waals surface area contributed by atoms with E-state index in [1.165, 1.54) is 9.80 Å². The second kappa shape index (κ2) is 6.76. The smallest absolute Gasteiger partial charge is 0.414 e. The van der Waals surface area contributed by atoms with Crippen molar-refractivity contribution in [3.63, 3.8) is 0 Å². The first kappa shape index (κ1) is 18.5. The quantitative estimate of drug-likeness (QED) is 0.659. The zero-order valence-electron chi connectivity index (χ0n) is 16.1. The van der Waals surface area contributed by atoms with E-state index in [1.54, 1.807) is 18.8 Å². The Kier molecular flexibility index (Phi) is 4.80. The molecule has 0 spiro atoms. The third-order valence-electron chi connectivity index (χ3n) is 3.99. The van der Waals surface area contributed by atoms with Crippen LogP contribution in [0, 0.1) is 0 Å². The molecule has 0 radical (unpaired) electrons. The molecule has 1 aliphatic rings. The Balaban J connectivity index is 1.85. The van der Waals surface area contributed by atoms with Crippen LogP contribution in [0.2, 0.25) is 0 Å². The third-order valence-corrected chi connectivity index (χ3v) is 5.11. The van der Waals surface area contributed by atoms with Crippen molar-refractivity contribution in [3.05, 3.63) is 36.4 Å². The predicted molar refractivity (Wildman–Crippen MR) is 109 cm³/mol. The number of rotatable bonds is 2. The minimum absolute atomic E-state index is 0.360. The van der Waals surface area contributed by atoms with Gasteiger partial charge in [-0.2, -0.15) is 0 Å². The molecule has 1 heterocycles. The largest absolute Gasteiger partial charge is 0.443 e. The average Bonchev–Trinajstić information content (AvgIpc) is 2.56. The van der Waals surface area contributed by atoms with Crippen LogP contribution in [0.5, 0.6) is 0 Å². The van der Waals surface area contributed by atoms with Gasteiger partial charge in [-0.15, -0.1) is 0 Å². The van der Waals surface area contributed by atoms with Crippen molar-refractivity contribution in [2.45, 2.75) is 36.2 Å². The Morgan fingerprint density at radius 1 is 0.962 bits per heavy atom. The van der Waals surface area contributed by atoms with Gasteiger partial charge in [-0.3, -0.25) is 4.90 Å². The highest BCUT2D eigenvalue weighted by atomic mass is 32.2. The summed E-state index contributed by atoms with van der Waals surface area (Å²) in [5.74, 6) is 0. The number of benzene rings is 2. The second-order valence-electron chi connectivity index (χ2n) is 7.52. The molecule has 2 aromatic rings. The number of nitrogens with one attached hydrogen (secondary N) is 1. The van der Waals surface area contributed by atoms with Crippen LogP contribution in [0.3, 0.4) is 0 Å². The van der Waals surface area contributed by atoms with Gasteiger partial charge < -0.3 is 15.0 Å². The standard InChI is InChI=1S/C20H25N3O2S/c1-20(2,3)25-19(24)23(6)14-8-10-16-18(12-14)26-17-11-13(22(4)5)7-9-15(17)21-16/h7-12,21H,1-6H3. The number of hydrogen-bond acceptors (Lipinski definition) is 5. The van der Waals surface area contributed by atoms with Gasteiger partial charge in [0.25, 0.3) is 0 Å². The molecule has 0 fully saturated rings. The van der Waals surface area contributed by atoms with E-state index < -0.39 is 5.60 Å². The lowest BCUT2D eigenvalue weighted by Gasteiger charge is -2.27. The molecule has 26 heavy (non-hydrogen) atoms. The maximum atomic E-state index is 12.3. The third kappa shape index (κ3) is 3.90. The topological polar surface area (TPSA) is 44.8 Å². The predicted octanol–water partition coefficient (Wildman–Crippen LogP) is 5.33. The van der Waals surface area contributed by atoms with Gasteiger partial charge in [0.05, 0.1) is 11.4 Å². The van der Waals surface area contributed by atoms with E-state index in [9.17, 15) is 4.79 Å². The van der Waals surface area contributed by atoms with Gasteiger partial charge in [0.1, 0.15) is 5.60 Å². The fourth-order valence-electron chi connectivity index (χ4n) is 2.58. The van der Waals surface area contributed by atoms with Crippen LogP contribution in [0.25, 0.3) is 0 Å². The number of anilines is 4. The van der Waals surface area contributed by atoms with Gasteiger partial charge in [-0.25, -0.2) is 4.79 Å². The highest BCUT2D eigenvalue weighted by molar-refractivity contribution is 7.99. The fourth-order valence-corrected chi connectivity index (χ4v) is 3.64. The lowest BCUT2D eigenvalue weighted by atomic mass is 10.2. The van der Waals surface area contributed by atoms with Gasteiger partial charge in [0.2, 0.25) is 0 Å². The minimum atomic E-state index is -0.516. The van der Waals surface area contributed by atoms with Gasteiger partial charge in [0, 0.05) is 42.3 Å². The first-order valence-corrected chi connectivity index (χ1v) is 9.33. The van der Waals surface area contributed by atoms with E-state index in [2.05, 4.69) is 28.4 Å². The number of carbonyl (C=O) groups excluding carboxylic acids is 1. The van der Waals surface area contributed by atoms with E-state index in [1.807, 2.05) is 53.1 Å². The molecule has 0 aliphatic carbocycles. The molecule has 3 rings (SSSR count). The monoisotopic (exact) mass is 371 g/mol. The molecule has 0 bridgehead atoms. The number of fused-ring (bicyclic) bond motifs is 2. The van der Waals surface area contributed by atoms with Gasteiger partial charge in [-0.1, -0.05) is 11.8 Å². The number of hydrogen-bond donors (Lipinski definition) is 1. The highest BCUT2D eigenvalue weighted by Gasteiger charge is 2.22. The zero-order valence-corrected chi connectivity index (χ0v) is 16.9. The first-order chi connectivity index (χ1) is 12.1. The molecule has 0 saturated carbocycles. The SMILES string of the molecule is CN(C)c1ccc2c(c1)Sc1cc(N(C)C(=O)OC(C)(C)C)ccc1N2. The first-order valence-electron chi connectivity index (χ1n) is 8.51. The van der Waals surface area contributed by atoms with E-state index in [4.69, 9.17) is 4.74 Å². The van der Waals surface area contributed by atoms with E-state index in [-0.39, 0.29) is 6.09 Å². The summed E-state index contributed by atoms with van der Waals surface area (Å²) in [6.07, 6.45) is -0.360. The lowest BCUT2D eigenvalue weighted by Crippen LogP contribution is -2.34. The lowest BCUT2D eigenvalue weighted by molar-refractivity contribution is 0.0589. The van der Waals surface area contributed by atoms with E-state index in [0.717, 1.165) is 27.6 Å². The maximum Gasteiger partial charge on any atom is 0.414 e. The van der Waals surface area contributed by atoms with E-state index >= 15 is 0 Å². The molecule has 1 N–H and O–H groups in total. The van der Waals surface area contributed by atoms with Crippen LogP contribution >= 0.6 is 11.8 Å². The number of carbonyl (C=O) groups is 1. The zero-order chi connectivity index (χ0) is 19.1. The average molecular weight is 372 g/mol. The van der Waals surface area contributed by atoms with Crippen molar-refractivity contribution >= 4 is 40.6 Å². The Morgan fingerprint density at radius 2 is 1.50 bits per heavy atom. The molecule has 1 aliphatic heterocycles. The summed E-state index contributed by atoms with van der Waals surface area (Å²) in [6.45, 7) is 5.60. The van der Waals surface area contributed by atoms with Crippen LogP contribution in [-0.2, 0) is 4.74 Å². The molecule has 0 atom stereocenters. The van der Waals surface area contributed by atoms with Crippen molar-refractivity contribution in [1.29, 1.82) is 0 Å². The van der Waals surface area contributed by atoms with Crippen molar-refractivity contribution < 1.29 is 9.53 Å². The Morgan fingerprint density at radius 3 is 2.04 bits per heavy atom. The van der Waals surface area contributed by atoms with Crippen LogP contribution < -0.4 is 15.1 Å². The van der Waals surface area contributed by atoms with Crippen molar-refractivity contribution in [1.82, 2.24) is 0 Å². The normalized spacial score (nSPS) is 12.5. The molecule has 2 aromatic carbocycles. The van der Waals surface area contributed by atoms with Crippen molar-refractivity contribution in [2.75, 3.05) is 36.3 Å². The summed E-state index contributed by atoms with van der Waals surface area (Å²) in [7, 11) is 5.80. The van der Waals surface area contributed by atoms with E-state index in [0.29, 0.717) is 0 Å². The van der Waals surface area contributed by atoms with Crippen molar-refractivity contribution in [2.24, 2.45) is 0 Å². The highest BCUT2D eigenvalue weighted by Crippen LogP contribution is 2.46. The van der Waals surface area contributed by atoms with Crippen LogP contribution in [-0.4, -0.2) is 32.8 Å². The number of ether oxygens (including phenoxy) is 1. The second-order valence-corrected chi connectivity index (χ2v) is 8.61. The van der Waals surface area contributed by atoms with Gasteiger partial charge in [-0.05, 0) is 57.2 Å². The molecule has 0 unspecified atom stereocenters. The molecule has 6 heteroatoms. The molecular formula is C20H25N3O2S. The summed E-state index contributed by atoms with van der Waals surface area (Å²) in [4.78, 5) is 18.2. The summed E-state index contributed by atoms with van der Waals surface area (Å²) >= 11 is 1.70. The van der Waals surface area contributed by atoms with Crippen molar-refractivity contribution in [3.8, 4) is 0 Å². The van der Waals surface area contributed by atoms with Crippen LogP contribution in [0.1, 0.15) is 20.8 Å². The number of amides is 1. The molecule has 5 nitrogen and oxygen atoms in total. The minimum Gasteiger partial charge on any atom is -0.443 e. The Hall–Kier alpha value is -2.34. The summed E-state index contributed by atoms with van der Waals surface area (Å²) in [5.41, 5.74) is 3.59. The molecule has 138 valence electrons. The van der Waals surface area contributed by atoms with Gasteiger partial charge >= 0.3 is 6.09 Å². The Labute approximate surface area is 159 Å². The summed E-state index contributed by atoms with van der Waals surface area (Å²) in [6, 6.07) is 12.3. The van der Waals surface area contributed by atoms with Crippen LogP contribution in [0.15, 0.2) is 46.2 Å². The molecule has 0 aromatic heterocycles. The molecular weight excluding hydrogens is 346 g/mol. The summed E-state index contributed by atoms with van der Waals surface area (Å²) < 4.78 is 5.46. The maximum absolute atomic E-state index is 12.3. The molecule has 1 amide bonds. The molecule has 0 saturated heterocycles. The Bertz CT molecular complexity index is 843. The number of nitrogens with zero attached hydrogens (tertiary/aromatic N) is 2. The van der Waals surface area contributed by atoms with Crippen LogP contribution in [0.4, 0.5) is 27.5 Å². The van der Waals surface area contributed by atoms with Gasteiger partial charge in [0.15, 0.2) is 0 Å².